The van der Waals surface area contributed by atoms with Crippen LogP contribution in [0.2, 0.25) is 0 Å². The fraction of sp³-hybridized carbons (Fsp3) is 0.375. The summed E-state index contributed by atoms with van der Waals surface area (Å²) < 4.78 is 19.9. The smallest absolute Gasteiger partial charge is 0.255 e. The van der Waals surface area contributed by atoms with Gasteiger partial charge in [0, 0.05) is 18.5 Å². The number of fused-ring (bicyclic) bond motifs is 1. The first-order valence-electron chi connectivity index (χ1n) is 10.3. The molecule has 162 valence electrons. The van der Waals surface area contributed by atoms with Crippen molar-refractivity contribution in [2.75, 3.05) is 0 Å². The maximum absolute atomic E-state index is 14.2. The van der Waals surface area contributed by atoms with Crippen molar-refractivity contribution in [2.24, 2.45) is 0 Å². The van der Waals surface area contributed by atoms with Gasteiger partial charge in [-0.1, -0.05) is 39.0 Å². The van der Waals surface area contributed by atoms with Crippen LogP contribution in [-0.2, 0) is 28.2 Å². The zero-order valence-corrected chi connectivity index (χ0v) is 17.8. The van der Waals surface area contributed by atoms with Crippen LogP contribution in [0.25, 0.3) is 0 Å². The fourth-order valence-corrected chi connectivity index (χ4v) is 3.93. The van der Waals surface area contributed by atoms with Gasteiger partial charge in [-0.15, -0.1) is 0 Å². The lowest BCUT2D eigenvalue weighted by atomic mass is 9.87. The summed E-state index contributed by atoms with van der Waals surface area (Å²) in [6.45, 7) is 6.58. The molecule has 1 unspecified atom stereocenters. The summed E-state index contributed by atoms with van der Waals surface area (Å²) in [4.78, 5) is 38.0. The number of nitrogens with zero attached hydrogens (tertiary/aromatic N) is 1. The van der Waals surface area contributed by atoms with Gasteiger partial charge < -0.3 is 9.64 Å². The minimum atomic E-state index is -0.647. The molecule has 0 aliphatic carbocycles. The molecule has 6 nitrogen and oxygen atoms in total. The maximum Gasteiger partial charge on any atom is 0.255 e. The van der Waals surface area contributed by atoms with Gasteiger partial charge in [0.05, 0.1) is 0 Å². The number of carbonyl (C=O) groups is 3. The minimum Gasteiger partial charge on any atom is -0.486 e. The van der Waals surface area contributed by atoms with E-state index in [1.54, 1.807) is 18.2 Å². The van der Waals surface area contributed by atoms with E-state index in [0.29, 0.717) is 18.5 Å². The molecule has 2 aliphatic rings. The van der Waals surface area contributed by atoms with Crippen LogP contribution < -0.4 is 10.1 Å². The Morgan fingerprint density at radius 2 is 1.90 bits per heavy atom. The highest BCUT2D eigenvalue weighted by molar-refractivity contribution is 6.05. The van der Waals surface area contributed by atoms with Crippen molar-refractivity contribution in [1.29, 1.82) is 0 Å². The maximum atomic E-state index is 14.2. The largest absolute Gasteiger partial charge is 0.486 e. The predicted octanol–water partition coefficient (Wildman–Crippen LogP) is 3.46. The molecule has 4 rings (SSSR count). The van der Waals surface area contributed by atoms with E-state index in [0.717, 1.165) is 16.7 Å². The van der Waals surface area contributed by atoms with Gasteiger partial charge >= 0.3 is 0 Å². The van der Waals surface area contributed by atoms with Crippen molar-refractivity contribution >= 4 is 17.7 Å². The first-order valence-corrected chi connectivity index (χ1v) is 10.3. The second kappa shape index (κ2) is 7.80. The van der Waals surface area contributed by atoms with Crippen molar-refractivity contribution in [2.45, 2.75) is 58.2 Å². The monoisotopic (exact) mass is 424 g/mol. The highest BCUT2D eigenvalue weighted by atomic mass is 19.1. The van der Waals surface area contributed by atoms with Crippen LogP contribution in [-0.4, -0.2) is 28.7 Å². The second-order valence-corrected chi connectivity index (χ2v) is 9.08. The highest BCUT2D eigenvalue weighted by Crippen LogP contribution is 2.30. The van der Waals surface area contributed by atoms with Crippen LogP contribution in [0.5, 0.6) is 5.75 Å². The molecule has 2 aromatic rings. The molecule has 0 radical (unpaired) electrons. The van der Waals surface area contributed by atoms with E-state index in [2.05, 4.69) is 5.32 Å². The van der Waals surface area contributed by atoms with E-state index in [4.69, 9.17) is 4.74 Å². The molecule has 1 fully saturated rings. The molecule has 0 aromatic heterocycles. The number of benzene rings is 2. The number of hydrogen-bond donors (Lipinski definition) is 1. The number of hydrogen-bond acceptors (Lipinski definition) is 4. The molecule has 2 heterocycles. The second-order valence-electron chi connectivity index (χ2n) is 9.08. The summed E-state index contributed by atoms with van der Waals surface area (Å²) in [6.07, 6.45) is 0.540. The lowest BCUT2D eigenvalue weighted by Gasteiger charge is -2.29. The molecular formula is C24H25FN2O4. The Balaban J connectivity index is 1.49. The lowest BCUT2D eigenvalue weighted by Crippen LogP contribution is -2.52. The SMILES string of the molecule is CC(C)(C)c1ccc(F)c(OCc2ccc3c(c2)C(=O)N(C2CCC(=O)NC2=O)C3)c1. The molecule has 7 heteroatoms. The third-order valence-electron chi connectivity index (χ3n) is 5.78. The Morgan fingerprint density at radius 3 is 2.61 bits per heavy atom. The summed E-state index contributed by atoms with van der Waals surface area (Å²) in [5.41, 5.74) is 2.89. The number of rotatable bonds is 4. The Hall–Kier alpha value is -3.22. The van der Waals surface area contributed by atoms with Crippen LogP contribution in [0.15, 0.2) is 36.4 Å². The summed E-state index contributed by atoms with van der Waals surface area (Å²) in [7, 11) is 0. The van der Waals surface area contributed by atoms with Crippen molar-refractivity contribution < 1.29 is 23.5 Å². The van der Waals surface area contributed by atoms with Gasteiger partial charge in [-0.25, -0.2) is 4.39 Å². The number of carbonyl (C=O) groups excluding carboxylic acids is 3. The van der Waals surface area contributed by atoms with E-state index in [9.17, 15) is 18.8 Å². The van der Waals surface area contributed by atoms with Crippen LogP contribution in [0.1, 0.15) is 60.7 Å². The molecule has 0 saturated carbocycles. The van der Waals surface area contributed by atoms with E-state index in [1.807, 2.05) is 32.9 Å². The molecule has 2 aromatic carbocycles. The summed E-state index contributed by atoms with van der Waals surface area (Å²) >= 11 is 0. The highest BCUT2D eigenvalue weighted by Gasteiger charge is 2.39. The van der Waals surface area contributed by atoms with E-state index in [1.165, 1.54) is 11.0 Å². The Morgan fingerprint density at radius 1 is 1.13 bits per heavy atom. The Labute approximate surface area is 180 Å². The fourth-order valence-electron chi connectivity index (χ4n) is 3.93. The van der Waals surface area contributed by atoms with Crippen LogP contribution in [0, 0.1) is 5.82 Å². The average molecular weight is 424 g/mol. The normalized spacial score (nSPS) is 18.8. The summed E-state index contributed by atoms with van der Waals surface area (Å²) in [5, 5.41) is 2.30. The molecule has 1 saturated heterocycles. The Kier molecular flexibility index (Phi) is 5.29. The molecule has 2 aliphatic heterocycles. The molecule has 31 heavy (non-hydrogen) atoms. The first kappa shape index (κ1) is 21.0. The number of imide groups is 1. The van der Waals surface area contributed by atoms with Crippen molar-refractivity contribution in [3.05, 3.63) is 64.5 Å². The lowest BCUT2D eigenvalue weighted by molar-refractivity contribution is -0.136. The van der Waals surface area contributed by atoms with Gasteiger partial charge in [0.2, 0.25) is 11.8 Å². The van der Waals surface area contributed by atoms with Gasteiger partial charge in [0.1, 0.15) is 12.6 Å². The number of halogens is 1. The Bertz CT molecular complexity index is 1070. The molecule has 0 bridgehead atoms. The molecular weight excluding hydrogens is 399 g/mol. The van der Waals surface area contributed by atoms with Gasteiger partial charge in [0.15, 0.2) is 11.6 Å². The zero-order chi connectivity index (χ0) is 22.3. The first-order chi connectivity index (χ1) is 14.6. The van der Waals surface area contributed by atoms with Crippen LogP contribution in [0.4, 0.5) is 4.39 Å². The van der Waals surface area contributed by atoms with E-state index in [-0.39, 0.29) is 36.0 Å². The van der Waals surface area contributed by atoms with Gasteiger partial charge in [-0.3, -0.25) is 19.7 Å². The molecule has 0 spiro atoms. The number of ether oxygens (including phenoxy) is 1. The standard InChI is InChI=1S/C24H25FN2O4/c1-24(2,3)16-6-7-18(25)20(11-16)31-13-14-4-5-15-12-27(23(30)17(15)10-14)19-8-9-21(28)26-22(19)29/h4-7,10-11,19H,8-9,12-13H2,1-3H3,(H,26,28,29). The summed E-state index contributed by atoms with van der Waals surface area (Å²) in [5.74, 6) is -1.26. The number of nitrogens with one attached hydrogen (secondary N) is 1. The van der Waals surface area contributed by atoms with Crippen LogP contribution >= 0.6 is 0 Å². The van der Waals surface area contributed by atoms with Gasteiger partial charge in [-0.05, 0) is 46.7 Å². The minimum absolute atomic E-state index is 0.115. The van der Waals surface area contributed by atoms with E-state index >= 15 is 0 Å². The summed E-state index contributed by atoms with van der Waals surface area (Å²) in [6, 6.07) is 9.62. The van der Waals surface area contributed by atoms with E-state index < -0.39 is 17.8 Å². The van der Waals surface area contributed by atoms with Crippen molar-refractivity contribution in [3.63, 3.8) is 0 Å². The zero-order valence-electron chi connectivity index (χ0n) is 17.8. The molecule has 3 amide bonds. The third kappa shape index (κ3) is 4.17. The molecule has 1 atom stereocenters. The van der Waals surface area contributed by atoms with Crippen LogP contribution in [0.3, 0.4) is 0 Å². The van der Waals surface area contributed by atoms with Crippen molar-refractivity contribution in [3.8, 4) is 5.75 Å². The predicted molar refractivity (Wildman–Crippen MR) is 112 cm³/mol. The quantitative estimate of drug-likeness (QED) is 0.763. The van der Waals surface area contributed by atoms with Gasteiger partial charge in [0.25, 0.3) is 5.91 Å². The third-order valence-corrected chi connectivity index (χ3v) is 5.78. The number of amides is 3. The molecule has 1 N–H and O–H groups in total. The average Bonchev–Trinajstić information content (AvgIpc) is 3.02. The van der Waals surface area contributed by atoms with Crippen molar-refractivity contribution in [1.82, 2.24) is 10.2 Å². The number of piperidine rings is 1. The van der Waals surface area contributed by atoms with Gasteiger partial charge in [-0.2, -0.15) is 0 Å². The topological polar surface area (TPSA) is 75.7 Å².